The molecule has 0 aliphatic heterocycles. The van der Waals surface area contributed by atoms with Gasteiger partial charge in [-0.15, -0.1) is 24.0 Å². The number of hydrogen-bond donors (Lipinski definition) is 2. The molecule has 0 saturated carbocycles. The summed E-state index contributed by atoms with van der Waals surface area (Å²) < 4.78 is 10.7. The number of aromatic hydroxyl groups is 1. The van der Waals surface area contributed by atoms with E-state index in [4.69, 9.17) is 14.5 Å². The predicted octanol–water partition coefficient (Wildman–Crippen LogP) is 4.10. The van der Waals surface area contributed by atoms with Gasteiger partial charge in [0.1, 0.15) is 5.75 Å². The molecule has 0 spiro atoms. The maximum atomic E-state index is 9.36. The average molecular weight is 527 g/mol. The minimum absolute atomic E-state index is 0. The van der Waals surface area contributed by atoms with E-state index in [1.165, 1.54) is 11.1 Å². The van der Waals surface area contributed by atoms with Crippen molar-refractivity contribution in [2.24, 2.45) is 4.99 Å². The Kier molecular flexibility index (Phi) is 12.0. The molecule has 0 fully saturated rings. The van der Waals surface area contributed by atoms with E-state index >= 15 is 0 Å². The number of guanidine groups is 1. The molecule has 2 rings (SSSR count). The molecule has 0 aliphatic rings. The van der Waals surface area contributed by atoms with Gasteiger partial charge >= 0.3 is 0 Å². The minimum Gasteiger partial charge on any atom is -0.508 e. The largest absolute Gasteiger partial charge is 0.508 e. The molecule has 0 unspecified atom stereocenters. The lowest BCUT2D eigenvalue weighted by atomic mass is 10.1. The molecule has 0 atom stereocenters. The van der Waals surface area contributed by atoms with Gasteiger partial charge in [-0.25, -0.2) is 0 Å². The summed E-state index contributed by atoms with van der Waals surface area (Å²) in [4.78, 5) is 6.91. The molecule has 0 saturated heterocycles. The van der Waals surface area contributed by atoms with Gasteiger partial charge in [0.25, 0.3) is 0 Å². The van der Waals surface area contributed by atoms with E-state index in [1.807, 2.05) is 24.3 Å². The first-order valence-electron chi connectivity index (χ1n) is 10.1. The highest BCUT2D eigenvalue weighted by atomic mass is 127. The van der Waals surface area contributed by atoms with E-state index in [0.29, 0.717) is 5.75 Å². The van der Waals surface area contributed by atoms with Crippen molar-refractivity contribution in [3.8, 4) is 17.2 Å². The number of hydrogen-bond acceptors (Lipinski definition) is 4. The summed E-state index contributed by atoms with van der Waals surface area (Å²) >= 11 is 0. The number of halogens is 1. The van der Waals surface area contributed by atoms with Gasteiger partial charge in [-0.05, 0) is 61.6 Å². The maximum Gasteiger partial charge on any atom is 0.193 e. The summed E-state index contributed by atoms with van der Waals surface area (Å²) in [5.41, 5.74) is 2.41. The summed E-state index contributed by atoms with van der Waals surface area (Å²) in [6, 6.07) is 13.4. The van der Waals surface area contributed by atoms with Gasteiger partial charge in [-0.1, -0.05) is 18.2 Å². The van der Waals surface area contributed by atoms with E-state index in [9.17, 15) is 5.11 Å². The van der Waals surface area contributed by atoms with Crippen molar-refractivity contribution in [3.05, 3.63) is 53.6 Å². The fourth-order valence-corrected chi connectivity index (χ4v) is 3.04. The van der Waals surface area contributed by atoms with Crippen LogP contribution in [0.5, 0.6) is 17.2 Å². The van der Waals surface area contributed by atoms with Gasteiger partial charge in [0.05, 0.1) is 14.2 Å². The third kappa shape index (κ3) is 8.30. The lowest BCUT2D eigenvalue weighted by molar-refractivity contribution is 0.354. The molecule has 0 aromatic heterocycles. The standard InChI is InChI=1S/C23H33N3O3.HI/c1-5-24-23(25-15-6-7-18-8-11-20(27)12-9-18)26(2)16-14-19-10-13-21(28-3)22(17-19)29-4;/h8-13,17,27H,5-7,14-16H2,1-4H3,(H,24,25);1H. The van der Waals surface area contributed by atoms with Gasteiger partial charge in [-0.2, -0.15) is 0 Å². The molecular formula is C23H34IN3O3. The first kappa shape index (κ1) is 25.9. The monoisotopic (exact) mass is 527 g/mol. The Hall–Kier alpha value is -2.16. The normalized spacial score (nSPS) is 10.9. The fraction of sp³-hybridized carbons (Fsp3) is 0.435. The first-order valence-corrected chi connectivity index (χ1v) is 10.1. The van der Waals surface area contributed by atoms with Gasteiger partial charge in [0, 0.05) is 26.7 Å². The van der Waals surface area contributed by atoms with Crippen molar-refractivity contribution in [2.75, 3.05) is 40.9 Å². The molecule has 0 amide bonds. The third-order valence-corrected chi connectivity index (χ3v) is 4.70. The lowest BCUT2D eigenvalue weighted by Gasteiger charge is -2.22. The zero-order valence-electron chi connectivity index (χ0n) is 18.4. The lowest BCUT2D eigenvalue weighted by Crippen LogP contribution is -2.40. The number of nitrogens with one attached hydrogen (secondary N) is 1. The summed E-state index contributed by atoms with van der Waals surface area (Å²) in [6.07, 6.45) is 2.79. The quantitative estimate of drug-likeness (QED) is 0.211. The van der Waals surface area contributed by atoms with E-state index < -0.39 is 0 Å². The number of methoxy groups -OCH3 is 2. The second-order valence-corrected chi connectivity index (χ2v) is 6.87. The fourth-order valence-electron chi connectivity index (χ4n) is 3.04. The van der Waals surface area contributed by atoms with Crippen molar-refractivity contribution >= 4 is 29.9 Å². The molecule has 166 valence electrons. The molecule has 0 aliphatic carbocycles. The summed E-state index contributed by atoms with van der Waals surface area (Å²) in [7, 11) is 5.36. The van der Waals surface area contributed by atoms with Crippen molar-refractivity contribution in [3.63, 3.8) is 0 Å². The van der Waals surface area contributed by atoms with E-state index in [-0.39, 0.29) is 24.0 Å². The van der Waals surface area contributed by atoms with Crippen LogP contribution < -0.4 is 14.8 Å². The van der Waals surface area contributed by atoms with Crippen molar-refractivity contribution < 1.29 is 14.6 Å². The van der Waals surface area contributed by atoms with Gasteiger partial charge in [0.15, 0.2) is 17.5 Å². The third-order valence-electron chi connectivity index (χ3n) is 4.70. The van der Waals surface area contributed by atoms with Gasteiger partial charge in [0.2, 0.25) is 0 Å². The Bertz CT molecular complexity index is 782. The number of phenols is 1. The van der Waals surface area contributed by atoms with Crippen LogP contribution in [-0.2, 0) is 12.8 Å². The SMILES string of the molecule is CCNC(=NCCCc1ccc(O)cc1)N(C)CCc1ccc(OC)c(OC)c1.I. The molecule has 6 nitrogen and oxygen atoms in total. The number of likely N-dealkylation sites (N-methyl/N-ethyl adjacent to an activating group) is 1. The van der Waals surface area contributed by atoms with Crippen molar-refractivity contribution in [1.82, 2.24) is 10.2 Å². The molecule has 30 heavy (non-hydrogen) atoms. The van der Waals surface area contributed by atoms with Crippen LogP contribution in [0.1, 0.15) is 24.5 Å². The molecule has 0 radical (unpaired) electrons. The Morgan fingerprint density at radius 1 is 1.00 bits per heavy atom. The molecular weight excluding hydrogens is 493 g/mol. The number of rotatable bonds is 10. The molecule has 2 aromatic carbocycles. The topological polar surface area (TPSA) is 66.3 Å². The Morgan fingerprint density at radius 2 is 1.67 bits per heavy atom. The van der Waals surface area contributed by atoms with Crippen LogP contribution in [0.3, 0.4) is 0 Å². The molecule has 7 heteroatoms. The molecule has 0 bridgehead atoms. The van der Waals surface area contributed by atoms with E-state index in [1.54, 1.807) is 26.4 Å². The first-order chi connectivity index (χ1) is 14.1. The molecule has 2 N–H and O–H groups in total. The summed E-state index contributed by atoms with van der Waals surface area (Å²) in [6.45, 7) is 4.51. The summed E-state index contributed by atoms with van der Waals surface area (Å²) in [5.74, 6) is 2.71. The Labute approximate surface area is 197 Å². The van der Waals surface area contributed by atoms with E-state index in [0.717, 1.165) is 56.4 Å². The van der Waals surface area contributed by atoms with Crippen LogP contribution >= 0.6 is 24.0 Å². The second-order valence-electron chi connectivity index (χ2n) is 6.87. The van der Waals surface area contributed by atoms with Crippen LogP contribution in [-0.4, -0.2) is 56.9 Å². The zero-order valence-corrected chi connectivity index (χ0v) is 20.7. The van der Waals surface area contributed by atoms with Crippen LogP contribution in [0.15, 0.2) is 47.5 Å². The second kappa shape index (κ2) is 14.0. The highest BCUT2D eigenvalue weighted by molar-refractivity contribution is 14.0. The van der Waals surface area contributed by atoms with Crippen LogP contribution in [0, 0.1) is 0 Å². The van der Waals surface area contributed by atoms with E-state index in [2.05, 4.69) is 30.3 Å². The van der Waals surface area contributed by atoms with Crippen LogP contribution in [0.2, 0.25) is 0 Å². The van der Waals surface area contributed by atoms with Crippen molar-refractivity contribution in [1.29, 1.82) is 0 Å². The maximum absolute atomic E-state index is 9.36. The number of aliphatic imine (C=N–C) groups is 1. The number of ether oxygens (including phenoxy) is 2. The highest BCUT2D eigenvalue weighted by Gasteiger charge is 2.08. The Morgan fingerprint density at radius 3 is 2.30 bits per heavy atom. The minimum atomic E-state index is 0. The van der Waals surface area contributed by atoms with Crippen LogP contribution in [0.25, 0.3) is 0 Å². The van der Waals surface area contributed by atoms with Gasteiger partial charge < -0.3 is 24.8 Å². The molecule has 0 heterocycles. The number of phenolic OH excluding ortho intramolecular Hbond substituents is 1. The van der Waals surface area contributed by atoms with Gasteiger partial charge in [-0.3, -0.25) is 4.99 Å². The molecule has 2 aromatic rings. The Balaban J connectivity index is 0.00000450. The average Bonchev–Trinajstić information content (AvgIpc) is 2.75. The predicted molar refractivity (Wildman–Crippen MR) is 134 cm³/mol. The summed E-state index contributed by atoms with van der Waals surface area (Å²) in [5, 5.41) is 12.7. The smallest absolute Gasteiger partial charge is 0.193 e. The highest BCUT2D eigenvalue weighted by Crippen LogP contribution is 2.27. The zero-order chi connectivity index (χ0) is 21.1. The van der Waals surface area contributed by atoms with Crippen LogP contribution in [0.4, 0.5) is 0 Å². The number of aryl methyl sites for hydroxylation is 1. The number of nitrogens with zero attached hydrogens (tertiary/aromatic N) is 2. The van der Waals surface area contributed by atoms with Crippen molar-refractivity contribution in [2.45, 2.75) is 26.2 Å². The number of benzene rings is 2.